The summed E-state index contributed by atoms with van der Waals surface area (Å²) >= 11 is 0. The van der Waals surface area contributed by atoms with Crippen LogP contribution in [0.3, 0.4) is 0 Å². The van der Waals surface area contributed by atoms with Crippen molar-refractivity contribution in [2.24, 2.45) is 0 Å². The first-order valence-corrected chi connectivity index (χ1v) is 9.65. The fourth-order valence-corrected chi connectivity index (χ4v) is 2.93. The molecule has 158 valence electrons. The summed E-state index contributed by atoms with van der Waals surface area (Å²) in [7, 11) is 0. The molecule has 0 radical (unpaired) electrons. The van der Waals surface area contributed by atoms with E-state index in [4.69, 9.17) is 4.74 Å². The minimum Gasteiger partial charge on any atom is -0.481 e. The fourth-order valence-electron chi connectivity index (χ4n) is 2.93. The van der Waals surface area contributed by atoms with Gasteiger partial charge in [0.15, 0.2) is 6.10 Å². The van der Waals surface area contributed by atoms with E-state index in [1.165, 1.54) is 24.3 Å². The van der Waals surface area contributed by atoms with Gasteiger partial charge in [-0.2, -0.15) is 0 Å². The highest BCUT2D eigenvalue weighted by molar-refractivity contribution is 5.99. The smallest absolute Gasteiger partial charge is 0.282 e. The number of ether oxygens (including phenoxy) is 1. The summed E-state index contributed by atoms with van der Waals surface area (Å²) in [6.07, 6.45) is -0.498. The number of nitro groups is 1. The number of nitro benzene ring substituents is 1. The Morgan fingerprint density at radius 3 is 2.16 bits per heavy atom. The Bertz CT molecular complexity index is 1070. The molecule has 0 aliphatic rings. The summed E-state index contributed by atoms with van der Waals surface area (Å²) in [5, 5.41) is 11.1. The van der Waals surface area contributed by atoms with Crippen LogP contribution in [-0.4, -0.2) is 22.8 Å². The van der Waals surface area contributed by atoms with Crippen LogP contribution in [0.25, 0.3) is 11.1 Å². The normalized spacial score (nSPS) is 11.3. The van der Waals surface area contributed by atoms with Crippen molar-refractivity contribution in [2.45, 2.75) is 19.4 Å². The average molecular weight is 419 g/mol. The van der Waals surface area contributed by atoms with E-state index in [9.17, 15) is 19.7 Å². The van der Waals surface area contributed by atoms with Crippen molar-refractivity contribution in [2.75, 3.05) is 0 Å². The van der Waals surface area contributed by atoms with Crippen molar-refractivity contribution < 1.29 is 19.2 Å². The van der Waals surface area contributed by atoms with Gasteiger partial charge in [-0.3, -0.25) is 30.6 Å². The summed E-state index contributed by atoms with van der Waals surface area (Å²) in [6.45, 7) is 1.77. The Morgan fingerprint density at radius 2 is 1.52 bits per heavy atom. The molecule has 0 aliphatic heterocycles. The second-order valence-corrected chi connectivity index (χ2v) is 6.62. The number of carbonyl (C=O) groups excluding carboxylic acids is 2. The number of hydrazine groups is 1. The Hall–Kier alpha value is -4.20. The van der Waals surface area contributed by atoms with Crippen LogP contribution in [0.15, 0.2) is 78.9 Å². The highest BCUT2D eigenvalue weighted by atomic mass is 16.6. The molecule has 0 aliphatic carbocycles. The van der Waals surface area contributed by atoms with E-state index in [-0.39, 0.29) is 11.3 Å². The van der Waals surface area contributed by atoms with Crippen LogP contribution in [0.2, 0.25) is 0 Å². The Kier molecular flexibility index (Phi) is 6.95. The van der Waals surface area contributed by atoms with Gasteiger partial charge >= 0.3 is 0 Å². The monoisotopic (exact) mass is 419 g/mol. The Morgan fingerprint density at radius 1 is 0.903 bits per heavy atom. The zero-order chi connectivity index (χ0) is 22.2. The number of carbonyl (C=O) groups is 2. The van der Waals surface area contributed by atoms with E-state index >= 15 is 0 Å². The van der Waals surface area contributed by atoms with Gasteiger partial charge in [-0.15, -0.1) is 0 Å². The topological polar surface area (TPSA) is 111 Å². The molecule has 0 aromatic heterocycles. The molecule has 0 saturated heterocycles. The summed E-state index contributed by atoms with van der Waals surface area (Å²) in [5.41, 5.74) is 6.05. The number of hydrogen-bond donors (Lipinski definition) is 2. The molecule has 8 nitrogen and oxygen atoms in total. The predicted molar refractivity (Wildman–Crippen MR) is 115 cm³/mol. The van der Waals surface area contributed by atoms with Crippen molar-refractivity contribution in [1.82, 2.24) is 10.9 Å². The van der Waals surface area contributed by atoms with Gasteiger partial charge in [-0.25, -0.2) is 0 Å². The summed E-state index contributed by atoms with van der Waals surface area (Å²) < 4.78 is 5.74. The van der Waals surface area contributed by atoms with E-state index in [0.29, 0.717) is 12.2 Å². The van der Waals surface area contributed by atoms with Gasteiger partial charge in [-0.05, 0) is 35.7 Å². The highest BCUT2D eigenvalue weighted by Gasteiger charge is 2.22. The lowest BCUT2D eigenvalue weighted by atomic mass is 10.1. The molecule has 0 bridgehead atoms. The third-order valence-corrected chi connectivity index (χ3v) is 4.55. The molecule has 0 heterocycles. The molecular weight excluding hydrogens is 398 g/mol. The molecule has 0 fully saturated rings. The number of benzene rings is 3. The third kappa shape index (κ3) is 5.45. The minimum absolute atomic E-state index is 0.154. The van der Waals surface area contributed by atoms with Gasteiger partial charge in [-0.1, -0.05) is 61.5 Å². The summed E-state index contributed by atoms with van der Waals surface area (Å²) in [6, 6.07) is 22.7. The van der Waals surface area contributed by atoms with Crippen LogP contribution in [0, 0.1) is 10.1 Å². The first-order valence-electron chi connectivity index (χ1n) is 9.65. The van der Waals surface area contributed by atoms with Crippen LogP contribution in [0.1, 0.15) is 23.7 Å². The zero-order valence-corrected chi connectivity index (χ0v) is 16.8. The summed E-state index contributed by atoms with van der Waals surface area (Å²) in [4.78, 5) is 35.1. The van der Waals surface area contributed by atoms with Crippen LogP contribution < -0.4 is 15.6 Å². The standard InChI is InChI=1S/C23H21N3O5/c1-2-21(31-18-14-12-17(13-15-18)16-8-4-3-5-9-16)23(28)25-24-22(27)19-10-6-7-11-20(19)26(29)30/h3-15,21H,2H2,1H3,(H,24,27)(H,25,28). The van der Waals surface area contributed by atoms with Crippen molar-refractivity contribution >= 4 is 17.5 Å². The van der Waals surface area contributed by atoms with Gasteiger partial charge in [0, 0.05) is 6.07 Å². The van der Waals surface area contributed by atoms with E-state index in [0.717, 1.165) is 11.1 Å². The van der Waals surface area contributed by atoms with E-state index in [1.54, 1.807) is 19.1 Å². The first-order chi connectivity index (χ1) is 15.0. The SMILES string of the molecule is CCC(Oc1ccc(-c2ccccc2)cc1)C(=O)NNC(=O)c1ccccc1[N+](=O)[O-]. The second-order valence-electron chi connectivity index (χ2n) is 6.62. The molecule has 2 N–H and O–H groups in total. The molecule has 8 heteroatoms. The summed E-state index contributed by atoms with van der Waals surface area (Å²) in [5.74, 6) is -0.851. The lowest BCUT2D eigenvalue weighted by Gasteiger charge is -2.18. The van der Waals surface area contributed by atoms with Crippen LogP contribution in [0.4, 0.5) is 5.69 Å². The average Bonchev–Trinajstić information content (AvgIpc) is 2.81. The number of hydrogen-bond acceptors (Lipinski definition) is 5. The molecule has 0 spiro atoms. The predicted octanol–water partition coefficient (Wildman–Crippen LogP) is 3.88. The maximum atomic E-state index is 12.4. The van der Waals surface area contributed by atoms with Crippen molar-refractivity contribution in [1.29, 1.82) is 0 Å². The fraction of sp³-hybridized carbons (Fsp3) is 0.130. The molecule has 2 amide bonds. The van der Waals surface area contributed by atoms with Crippen molar-refractivity contribution in [3.05, 3.63) is 94.5 Å². The third-order valence-electron chi connectivity index (χ3n) is 4.55. The number of amides is 2. The van der Waals surface area contributed by atoms with Gasteiger partial charge in [0.25, 0.3) is 17.5 Å². The number of nitrogens with one attached hydrogen (secondary N) is 2. The first kappa shape index (κ1) is 21.5. The molecule has 3 rings (SSSR count). The Labute approximate surface area is 179 Å². The number of nitrogens with zero attached hydrogens (tertiary/aromatic N) is 1. The Balaban J connectivity index is 1.60. The lowest BCUT2D eigenvalue weighted by molar-refractivity contribution is -0.385. The van der Waals surface area contributed by atoms with E-state index in [1.807, 2.05) is 42.5 Å². The van der Waals surface area contributed by atoms with Crippen molar-refractivity contribution in [3.63, 3.8) is 0 Å². The maximum absolute atomic E-state index is 12.4. The molecule has 3 aromatic rings. The largest absolute Gasteiger partial charge is 0.481 e. The maximum Gasteiger partial charge on any atom is 0.282 e. The quantitative estimate of drug-likeness (QED) is 0.446. The van der Waals surface area contributed by atoms with E-state index < -0.39 is 22.8 Å². The number of para-hydroxylation sites is 1. The zero-order valence-electron chi connectivity index (χ0n) is 16.8. The van der Waals surface area contributed by atoms with E-state index in [2.05, 4.69) is 10.9 Å². The minimum atomic E-state index is -0.853. The van der Waals surface area contributed by atoms with Crippen LogP contribution in [0.5, 0.6) is 5.75 Å². The molecule has 1 atom stereocenters. The molecule has 0 saturated carbocycles. The molecular formula is C23H21N3O5. The van der Waals surface area contributed by atoms with Crippen LogP contribution >= 0.6 is 0 Å². The highest BCUT2D eigenvalue weighted by Crippen LogP contribution is 2.23. The van der Waals surface area contributed by atoms with Gasteiger partial charge in [0.2, 0.25) is 0 Å². The van der Waals surface area contributed by atoms with Crippen LogP contribution in [-0.2, 0) is 4.79 Å². The van der Waals surface area contributed by atoms with Gasteiger partial charge < -0.3 is 4.74 Å². The molecule has 1 unspecified atom stereocenters. The van der Waals surface area contributed by atoms with Gasteiger partial charge in [0.1, 0.15) is 11.3 Å². The van der Waals surface area contributed by atoms with Crippen molar-refractivity contribution in [3.8, 4) is 16.9 Å². The second kappa shape index (κ2) is 10.0. The molecule has 3 aromatic carbocycles. The van der Waals surface area contributed by atoms with Gasteiger partial charge in [0.05, 0.1) is 4.92 Å². The lowest BCUT2D eigenvalue weighted by Crippen LogP contribution is -2.48. The molecule has 31 heavy (non-hydrogen) atoms. The number of rotatable bonds is 7.